The zero-order chi connectivity index (χ0) is 15.2. The van der Waals surface area contributed by atoms with Gasteiger partial charge in [-0.25, -0.2) is 9.97 Å². The van der Waals surface area contributed by atoms with Crippen molar-refractivity contribution in [3.63, 3.8) is 0 Å². The van der Waals surface area contributed by atoms with Gasteiger partial charge in [0.15, 0.2) is 0 Å². The van der Waals surface area contributed by atoms with Crippen LogP contribution in [-0.4, -0.2) is 24.1 Å². The molecule has 2 aromatic rings. The molecule has 2 N–H and O–H groups in total. The van der Waals surface area contributed by atoms with Crippen molar-refractivity contribution in [2.24, 2.45) is 0 Å². The lowest BCUT2D eigenvalue weighted by molar-refractivity contribution is 0.412. The highest BCUT2D eigenvalue weighted by molar-refractivity contribution is 5.66. The fourth-order valence-electron chi connectivity index (χ4n) is 2.32. The first-order valence-corrected chi connectivity index (χ1v) is 7.12. The first kappa shape index (κ1) is 15.1. The monoisotopic (exact) mass is 286 g/mol. The lowest BCUT2D eigenvalue weighted by Gasteiger charge is -2.14. The number of anilines is 3. The third-order valence-electron chi connectivity index (χ3n) is 3.34. The Balaban J connectivity index is 2.32. The van der Waals surface area contributed by atoms with Crippen molar-refractivity contribution < 1.29 is 4.74 Å². The Morgan fingerprint density at radius 3 is 2.57 bits per heavy atom. The maximum absolute atomic E-state index is 5.29. The van der Waals surface area contributed by atoms with Crippen molar-refractivity contribution in [3.05, 3.63) is 35.7 Å². The van der Waals surface area contributed by atoms with E-state index in [4.69, 9.17) is 4.74 Å². The van der Waals surface area contributed by atoms with E-state index in [1.54, 1.807) is 13.4 Å². The molecule has 0 fully saturated rings. The Bertz CT molecular complexity index is 613. The summed E-state index contributed by atoms with van der Waals surface area (Å²) in [5.74, 6) is 2.60. The molecular formula is C16H22N4O. The van der Waals surface area contributed by atoms with E-state index in [2.05, 4.69) is 33.6 Å². The summed E-state index contributed by atoms with van der Waals surface area (Å²) in [5.41, 5.74) is 3.19. The maximum atomic E-state index is 5.29. The molecule has 0 aliphatic heterocycles. The fourth-order valence-corrected chi connectivity index (χ4v) is 2.32. The molecule has 0 amide bonds. The molecule has 0 aliphatic rings. The minimum Gasteiger partial charge on any atom is -0.496 e. The summed E-state index contributed by atoms with van der Waals surface area (Å²) in [6.07, 6.45) is 3.54. The van der Waals surface area contributed by atoms with Gasteiger partial charge in [-0.1, -0.05) is 13.3 Å². The largest absolute Gasteiger partial charge is 0.496 e. The summed E-state index contributed by atoms with van der Waals surface area (Å²) in [7, 11) is 3.56. The highest BCUT2D eigenvalue weighted by Gasteiger charge is 2.10. The molecular weight excluding hydrogens is 264 g/mol. The highest BCUT2D eigenvalue weighted by Crippen LogP contribution is 2.27. The van der Waals surface area contributed by atoms with Crippen LogP contribution in [0, 0.1) is 6.92 Å². The van der Waals surface area contributed by atoms with Gasteiger partial charge in [-0.2, -0.15) is 0 Å². The molecule has 0 saturated carbocycles. The summed E-state index contributed by atoms with van der Waals surface area (Å²) >= 11 is 0. The van der Waals surface area contributed by atoms with E-state index in [0.717, 1.165) is 47.0 Å². The number of ether oxygens (including phenoxy) is 1. The number of rotatable bonds is 6. The predicted octanol–water partition coefficient (Wildman–Crippen LogP) is 3.53. The molecule has 0 atom stereocenters. The van der Waals surface area contributed by atoms with E-state index in [9.17, 15) is 0 Å². The number of nitrogens with zero attached hydrogens (tertiary/aromatic N) is 2. The van der Waals surface area contributed by atoms with Crippen molar-refractivity contribution in [2.45, 2.75) is 26.7 Å². The molecule has 0 saturated heterocycles. The lowest BCUT2D eigenvalue weighted by Crippen LogP contribution is -2.05. The molecule has 0 bridgehead atoms. The van der Waals surface area contributed by atoms with E-state index < -0.39 is 0 Å². The zero-order valence-corrected chi connectivity index (χ0v) is 13.0. The molecule has 5 nitrogen and oxygen atoms in total. The van der Waals surface area contributed by atoms with Gasteiger partial charge in [0.05, 0.1) is 7.11 Å². The highest BCUT2D eigenvalue weighted by atomic mass is 16.5. The summed E-state index contributed by atoms with van der Waals surface area (Å²) in [4.78, 5) is 8.66. The minimum absolute atomic E-state index is 0.848. The number of hydrogen-bond donors (Lipinski definition) is 2. The third kappa shape index (κ3) is 3.42. The van der Waals surface area contributed by atoms with E-state index in [1.165, 1.54) is 0 Å². The molecule has 112 valence electrons. The average molecular weight is 286 g/mol. The summed E-state index contributed by atoms with van der Waals surface area (Å²) in [5, 5.41) is 6.50. The van der Waals surface area contributed by atoms with Crippen molar-refractivity contribution in [3.8, 4) is 5.75 Å². The van der Waals surface area contributed by atoms with Gasteiger partial charge in [-0.3, -0.25) is 0 Å². The van der Waals surface area contributed by atoms with Gasteiger partial charge >= 0.3 is 0 Å². The third-order valence-corrected chi connectivity index (χ3v) is 3.34. The molecule has 2 rings (SSSR count). The van der Waals surface area contributed by atoms with Crippen LogP contribution < -0.4 is 15.4 Å². The number of nitrogens with one attached hydrogen (secondary N) is 2. The Kier molecular flexibility index (Phi) is 4.98. The van der Waals surface area contributed by atoms with Crippen molar-refractivity contribution in [1.82, 2.24) is 9.97 Å². The van der Waals surface area contributed by atoms with Crippen LogP contribution in [-0.2, 0) is 6.42 Å². The molecule has 1 aromatic carbocycles. The lowest BCUT2D eigenvalue weighted by atomic mass is 10.1. The van der Waals surface area contributed by atoms with Crippen molar-refractivity contribution >= 4 is 17.3 Å². The maximum Gasteiger partial charge on any atom is 0.139 e. The predicted molar refractivity (Wildman–Crippen MR) is 86.6 cm³/mol. The Morgan fingerprint density at radius 2 is 1.95 bits per heavy atom. The molecule has 0 spiro atoms. The van der Waals surface area contributed by atoms with Crippen LogP contribution in [0.3, 0.4) is 0 Å². The Hall–Kier alpha value is -2.30. The van der Waals surface area contributed by atoms with E-state index >= 15 is 0 Å². The van der Waals surface area contributed by atoms with Crippen molar-refractivity contribution in [1.29, 1.82) is 0 Å². The second-order valence-corrected chi connectivity index (χ2v) is 4.86. The van der Waals surface area contributed by atoms with Crippen molar-refractivity contribution in [2.75, 3.05) is 24.8 Å². The fraction of sp³-hybridized carbons (Fsp3) is 0.375. The zero-order valence-electron chi connectivity index (χ0n) is 13.0. The standard InChI is InChI=1S/C16H22N4O/c1-5-6-13-15(17-3)18-10-19-16(13)20-12-7-8-14(21-4)11(2)9-12/h7-10H,5-6H2,1-4H3,(H2,17,18,19,20). The second kappa shape index (κ2) is 6.92. The van der Waals surface area contributed by atoms with Crippen LogP contribution >= 0.6 is 0 Å². The normalized spacial score (nSPS) is 10.3. The number of benzene rings is 1. The van der Waals surface area contributed by atoms with Gasteiger partial charge in [0.2, 0.25) is 0 Å². The first-order valence-electron chi connectivity index (χ1n) is 7.12. The van der Waals surface area contributed by atoms with E-state index in [0.29, 0.717) is 0 Å². The number of aryl methyl sites for hydroxylation is 1. The molecule has 1 heterocycles. The van der Waals surface area contributed by atoms with Crippen LogP contribution in [0.5, 0.6) is 5.75 Å². The SMILES string of the molecule is CCCc1c(NC)ncnc1Nc1ccc(OC)c(C)c1. The molecule has 5 heteroatoms. The summed E-state index contributed by atoms with van der Waals surface area (Å²) < 4.78 is 5.29. The molecule has 1 aromatic heterocycles. The van der Waals surface area contributed by atoms with Gasteiger partial charge < -0.3 is 15.4 Å². The van der Waals surface area contributed by atoms with Gasteiger partial charge in [0.25, 0.3) is 0 Å². The van der Waals surface area contributed by atoms with E-state index in [-0.39, 0.29) is 0 Å². The molecule has 0 unspecified atom stereocenters. The van der Waals surface area contributed by atoms with Gasteiger partial charge in [-0.15, -0.1) is 0 Å². The Labute approximate surface area is 125 Å². The number of hydrogen-bond acceptors (Lipinski definition) is 5. The van der Waals surface area contributed by atoms with Crippen LogP contribution in [0.4, 0.5) is 17.3 Å². The van der Waals surface area contributed by atoms with Crippen LogP contribution in [0.1, 0.15) is 24.5 Å². The smallest absolute Gasteiger partial charge is 0.139 e. The summed E-state index contributed by atoms with van der Waals surface area (Å²) in [6.45, 7) is 4.17. The van der Waals surface area contributed by atoms with Gasteiger partial charge in [0.1, 0.15) is 23.7 Å². The van der Waals surface area contributed by atoms with Gasteiger partial charge in [-0.05, 0) is 37.1 Å². The summed E-state index contributed by atoms with van der Waals surface area (Å²) in [6, 6.07) is 6.00. The number of methoxy groups -OCH3 is 1. The molecule has 0 radical (unpaired) electrons. The van der Waals surface area contributed by atoms with Crippen LogP contribution in [0.15, 0.2) is 24.5 Å². The van der Waals surface area contributed by atoms with E-state index in [1.807, 2.05) is 26.1 Å². The van der Waals surface area contributed by atoms with Crippen LogP contribution in [0.2, 0.25) is 0 Å². The Morgan fingerprint density at radius 1 is 1.19 bits per heavy atom. The molecule has 0 aliphatic carbocycles. The second-order valence-electron chi connectivity index (χ2n) is 4.86. The first-order chi connectivity index (χ1) is 10.2. The average Bonchev–Trinajstić information content (AvgIpc) is 2.49. The van der Waals surface area contributed by atoms with Crippen LogP contribution in [0.25, 0.3) is 0 Å². The van der Waals surface area contributed by atoms with Gasteiger partial charge in [0, 0.05) is 18.3 Å². The molecule has 21 heavy (non-hydrogen) atoms. The number of aromatic nitrogens is 2. The quantitative estimate of drug-likeness (QED) is 0.850. The topological polar surface area (TPSA) is 59.1 Å². The minimum atomic E-state index is 0.848.